The molecule has 3 nitrogen and oxygen atoms in total. The normalized spacial score (nSPS) is 34.7. The van der Waals surface area contributed by atoms with Gasteiger partial charge in [0.15, 0.2) is 5.79 Å². The molecule has 0 aromatic carbocycles. The number of rotatable bonds is 5. The first-order chi connectivity index (χ1) is 6.73. The van der Waals surface area contributed by atoms with Crippen LogP contribution in [0.5, 0.6) is 0 Å². The molecule has 0 aromatic heterocycles. The van der Waals surface area contributed by atoms with Crippen molar-refractivity contribution in [1.82, 2.24) is 0 Å². The highest BCUT2D eigenvalue weighted by atomic mass is 16.7. The standard InChI is InChI=1S/C11H20O3/c1-3-9-10(14-9)5-4-6-11(2)12-7-8-13-11/h9-10H,3-8H2,1-2H3/t9-,10-/m1/s1. The molecule has 0 spiro atoms. The molecule has 0 N–H and O–H groups in total. The number of epoxide rings is 1. The van der Waals surface area contributed by atoms with Gasteiger partial charge in [-0.15, -0.1) is 0 Å². The first-order valence-corrected chi connectivity index (χ1v) is 5.67. The summed E-state index contributed by atoms with van der Waals surface area (Å²) in [5.74, 6) is -0.309. The Morgan fingerprint density at radius 3 is 2.50 bits per heavy atom. The number of ether oxygens (including phenoxy) is 3. The summed E-state index contributed by atoms with van der Waals surface area (Å²) in [5, 5.41) is 0. The lowest BCUT2D eigenvalue weighted by molar-refractivity contribution is -0.147. The third-order valence-corrected chi connectivity index (χ3v) is 3.11. The van der Waals surface area contributed by atoms with Crippen molar-refractivity contribution in [3.8, 4) is 0 Å². The Balaban J connectivity index is 1.59. The van der Waals surface area contributed by atoms with E-state index < -0.39 is 0 Å². The van der Waals surface area contributed by atoms with E-state index in [0.717, 1.165) is 38.9 Å². The van der Waals surface area contributed by atoms with Gasteiger partial charge < -0.3 is 14.2 Å². The number of hydrogen-bond acceptors (Lipinski definition) is 3. The van der Waals surface area contributed by atoms with Gasteiger partial charge in [-0.3, -0.25) is 0 Å². The second kappa shape index (κ2) is 4.17. The van der Waals surface area contributed by atoms with Crippen LogP contribution in [-0.4, -0.2) is 31.2 Å². The van der Waals surface area contributed by atoms with Gasteiger partial charge in [-0.25, -0.2) is 0 Å². The fourth-order valence-corrected chi connectivity index (χ4v) is 2.12. The van der Waals surface area contributed by atoms with Gasteiger partial charge in [0.2, 0.25) is 0 Å². The van der Waals surface area contributed by atoms with Crippen molar-refractivity contribution in [3.05, 3.63) is 0 Å². The van der Waals surface area contributed by atoms with Crippen molar-refractivity contribution in [3.63, 3.8) is 0 Å². The van der Waals surface area contributed by atoms with Crippen LogP contribution >= 0.6 is 0 Å². The van der Waals surface area contributed by atoms with Crippen LogP contribution in [0.1, 0.15) is 39.5 Å². The molecule has 0 saturated carbocycles. The summed E-state index contributed by atoms with van der Waals surface area (Å²) >= 11 is 0. The van der Waals surface area contributed by atoms with Crippen LogP contribution in [0.3, 0.4) is 0 Å². The summed E-state index contributed by atoms with van der Waals surface area (Å²) in [6, 6.07) is 0. The van der Waals surface area contributed by atoms with Gasteiger partial charge in [0, 0.05) is 6.42 Å². The highest BCUT2D eigenvalue weighted by molar-refractivity contribution is 4.83. The van der Waals surface area contributed by atoms with Crippen LogP contribution in [0, 0.1) is 0 Å². The first kappa shape index (κ1) is 10.4. The Bertz CT molecular complexity index is 187. The molecule has 3 heteroatoms. The molecular weight excluding hydrogens is 180 g/mol. The van der Waals surface area contributed by atoms with Crippen LogP contribution in [0.25, 0.3) is 0 Å². The first-order valence-electron chi connectivity index (χ1n) is 5.67. The van der Waals surface area contributed by atoms with Gasteiger partial charge in [0.05, 0.1) is 25.4 Å². The maximum atomic E-state index is 5.53. The van der Waals surface area contributed by atoms with Gasteiger partial charge in [-0.2, -0.15) is 0 Å². The molecule has 2 fully saturated rings. The quantitative estimate of drug-likeness (QED) is 0.637. The van der Waals surface area contributed by atoms with Gasteiger partial charge in [0.25, 0.3) is 0 Å². The van der Waals surface area contributed by atoms with Crippen molar-refractivity contribution in [2.24, 2.45) is 0 Å². The predicted octanol–water partition coefficient (Wildman–Crippen LogP) is 2.10. The SMILES string of the molecule is CC[C@H]1O[C@@H]1CCCC1(C)OCCO1. The van der Waals surface area contributed by atoms with Crippen LogP contribution in [0.2, 0.25) is 0 Å². The Kier molecular flexibility index (Phi) is 3.10. The Morgan fingerprint density at radius 2 is 1.93 bits per heavy atom. The Labute approximate surface area is 85.7 Å². The van der Waals surface area contributed by atoms with Crippen LogP contribution in [0.4, 0.5) is 0 Å². The molecule has 2 aliphatic heterocycles. The fraction of sp³-hybridized carbons (Fsp3) is 1.00. The molecule has 2 heterocycles. The molecule has 2 rings (SSSR count). The summed E-state index contributed by atoms with van der Waals surface area (Å²) in [6.07, 6.45) is 5.48. The average molecular weight is 200 g/mol. The summed E-state index contributed by atoms with van der Waals surface area (Å²) < 4.78 is 16.5. The zero-order chi connectivity index (χ0) is 10.0. The van der Waals surface area contributed by atoms with Crippen molar-refractivity contribution < 1.29 is 14.2 Å². The topological polar surface area (TPSA) is 31.0 Å². The second-order valence-electron chi connectivity index (χ2n) is 4.34. The van der Waals surface area contributed by atoms with E-state index in [1.165, 1.54) is 0 Å². The molecule has 2 aliphatic rings. The molecule has 2 atom stereocenters. The molecular formula is C11H20O3. The minimum Gasteiger partial charge on any atom is -0.370 e. The molecule has 0 unspecified atom stereocenters. The lowest BCUT2D eigenvalue weighted by Crippen LogP contribution is -2.25. The van der Waals surface area contributed by atoms with E-state index >= 15 is 0 Å². The summed E-state index contributed by atoms with van der Waals surface area (Å²) in [4.78, 5) is 0. The molecule has 14 heavy (non-hydrogen) atoms. The average Bonchev–Trinajstić information content (AvgIpc) is 2.80. The van der Waals surface area contributed by atoms with E-state index in [1.807, 2.05) is 6.92 Å². The highest BCUT2D eigenvalue weighted by Gasteiger charge is 2.37. The van der Waals surface area contributed by atoms with Gasteiger partial charge in [0.1, 0.15) is 0 Å². The molecule has 0 aliphatic carbocycles. The molecule has 0 bridgehead atoms. The smallest absolute Gasteiger partial charge is 0.165 e. The molecule has 0 radical (unpaired) electrons. The van der Waals surface area contributed by atoms with Gasteiger partial charge in [-0.05, 0) is 26.2 Å². The van der Waals surface area contributed by atoms with Crippen LogP contribution in [0.15, 0.2) is 0 Å². The summed E-state index contributed by atoms with van der Waals surface area (Å²) in [5.41, 5.74) is 0. The van der Waals surface area contributed by atoms with Crippen molar-refractivity contribution in [2.45, 2.75) is 57.5 Å². The van der Waals surface area contributed by atoms with E-state index in [-0.39, 0.29) is 5.79 Å². The van der Waals surface area contributed by atoms with Gasteiger partial charge in [-0.1, -0.05) is 6.92 Å². The maximum absolute atomic E-state index is 5.53. The Morgan fingerprint density at radius 1 is 1.21 bits per heavy atom. The lowest BCUT2D eigenvalue weighted by atomic mass is 10.1. The van der Waals surface area contributed by atoms with E-state index in [1.54, 1.807) is 0 Å². The molecule has 0 aromatic rings. The zero-order valence-electron chi connectivity index (χ0n) is 9.12. The third kappa shape index (κ3) is 2.47. The lowest BCUT2D eigenvalue weighted by Gasteiger charge is -2.21. The van der Waals surface area contributed by atoms with Crippen molar-refractivity contribution >= 4 is 0 Å². The second-order valence-corrected chi connectivity index (χ2v) is 4.34. The summed E-state index contributed by atoms with van der Waals surface area (Å²) in [7, 11) is 0. The maximum Gasteiger partial charge on any atom is 0.165 e. The fourth-order valence-electron chi connectivity index (χ4n) is 2.12. The molecule has 2 saturated heterocycles. The van der Waals surface area contributed by atoms with E-state index in [9.17, 15) is 0 Å². The van der Waals surface area contributed by atoms with Crippen LogP contribution in [-0.2, 0) is 14.2 Å². The highest BCUT2D eigenvalue weighted by Crippen LogP contribution is 2.32. The number of hydrogen-bond donors (Lipinski definition) is 0. The van der Waals surface area contributed by atoms with Crippen molar-refractivity contribution in [1.29, 1.82) is 0 Å². The minimum absolute atomic E-state index is 0.309. The van der Waals surface area contributed by atoms with Crippen molar-refractivity contribution in [2.75, 3.05) is 13.2 Å². The largest absolute Gasteiger partial charge is 0.370 e. The zero-order valence-corrected chi connectivity index (χ0v) is 9.12. The van der Waals surface area contributed by atoms with E-state index in [0.29, 0.717) is 12.2 Å². The summed E-state index contributed by atoms with van der Waals surface area (Å²) in [6.45, 7) is 5.70. The molecule has 82 valence electrons. The molecule has 0 amide bonds. The monoisotopic (exact) mass is 200 g/mol. The van der Waals surface area contributed by atoms with E-state index in [4.69, 9.17) is 14.2 Å². The predicted molar refractivity (Wildman–Crippen MR) is 53.1 cm³/mol. The van der Waals surface area contributed by atoms with E-state index in [2.05, 4.69) is 6.92 Å². The minimum atomic E-state index is -0.309. The third-order valence-electron chi connectivity index (χ3n) is 3.11. The Hall–Kier alpha value is -0.120. The van der Waals surface area contributed by atoms with Crippen LogP contribution < -0.4 is 0 Å². The van der Waals surface area contributed by atoms with Gasteiger partial charge >= 0.3 is 0 Å².